The van der Waals surface area contributed by atoms with E-state index in [1.165, 1.54) is 30.3 Å². The summed E-state index contributed by atoms with van der Waals surface area (Å²) in [6, 6.07) is 10.0. The third kappa shape index (κ3) is 4.47. The van der Waals surface area contributed by atoms with Gasteiger partial charge in [0, 0.05) is 0 Å². The van der Waals surface area contributed by atoms with Crippen LogP contribution in [-0.2, 0) is 14.3 Å². The molecule has 1 unspecified atom stereocenters. The van der Waals surface area contributed by atoms with Gasteiger partial charge in [0.1, 0.15) is 18.5 Å². The molecule has 0 aliphatic carbocycles. The van der Waals surface area contributed by atoms with Gasteiger partial charge in [-0.3, -0.25) is 4.79 Å². The molecule has 9 heteroatoms. The van der Waals surface area contributed by atoms with Crippen LogP contribution in [0.4, 0.5) is 0 Å². The van der Waals surface area contributed by atoms with Crippen LogP contribution in [0.5, 0.6) is 5.75 Å². The topological polar surface area (TPSA) is 116 Å². The maximum absolute atomic E-state index is 12.6. The van der Waals surface area contributed by atoms with Crippen LogP contribution in [0.2, 0.25) is 0 Å². The Balaban J connectivity index is 1.81. The number of carboxylic acids is 1. The van der Waals surface area contributed by atoms with Crippen molar-refractivity contribution in [1.82, 2.24) is 0 Å². The summed E-state index contributed by atoms with van der Waals surface area (Å²) in [4.78, 5) is 47.3. The third-order valence-corrected chi connectivity index (χ3v) is 4.74. The lowest BCUT2D eigenvalue weighted by Crippen LogP contribution is -2.21. The van der Waals surface area contributed by atoms with E-state index < -0.39 is 30.0 Å². The number of ether oxygens (including phenoxy) is 3. The third-order valence-electron chi connectivity index (χ3n) is 3.85. The van der Waals surface area contributed by atoms with Crippen molar-refractivity contribution in [2.45, 2.75) is 12.5 Å². The maximum Gasteiger partial charge on any atom is 0.344 e. The van der Waals surface area contributed by atoms with E-state index in [4.69, 9.17) is 19.3 Å². The number of halogens is 1. The Morgan fingerprint density at radius 2 is 1.75 bits per heavy atom. The summed E-state index contributed by atoms with van der Waals surface area (Å²) in [6.45, 7) is -0.0304. The Labute approximate surface area is 172 Å². The summed E-state index contributed by atoms with van der Waals surface area (Å²) < 4.78 is 15.8. The molecule has 1 saturated heterocycles. The molecule has 1 aliphatic rings. The number of aromatic carboxylic acids is 1. The highest BCUT2D eigenvalue weighted by molar-refractivity contribution is 14.1. The van der Waals surface area contributed by atoms with Crippen molar-refractivity contribution in [2.75, 3.05) is 6.61 Å². The fourth-order valence-corrected chi connectivity index (χ4v) is 2.93. The van der Waals surface area contributed by atoms with E-state index in [9.17, 15) is 19.2 Å². The largest absolute Gasteiger partial charge is 0.478 e. The molecule has 0 spiro atoms. The van der Waals surface area contributed by atoms with Gasteiger partial charge >= 0.3 is 23.9 Å². The quantitative estimate of drug-likeness (QED) is 0.382. The molecule has 0 bridgehead atoms. The molecule has 2 aromatic rings. The second-order valence-corrected chi connectivity index (χ2v) is 6.96. The molecule has 1 aliphatic heterocycles. The normalized spacial score (nSPS) is 15.6. The number of carbonyl (C=O) groups excluding carboxylic acids is 3. The van der Waals surface area contributed by atoms with Crippen molar-refractivity contribution >= 4 is 46.5 Å². The van der Waals surface area contributed by atoms with Crippen molar-refractivity contribution in [1.29, 1.82) is 0 Å². The molecule has 0 amide bonds. The number of carboxylic acid groups (broad SMARTS) is 1. The van der Waals surface area contributed by atoms with Gasteiger partial charge in [0.25, 0.3) is 0 Å². The van der Waals surface area contributed by atoms with E-state index in [-0.39, 0.29) is 35.5 Å². The molecular formula is C19H13IO8. The first-order chi connectivity index (χ1) is 13.3. The average molecular weight is 496 g/mol. The number of esters is 3. The summed E-state index contributed by atoms with van der Waals surface area (Å²) in [5, 5.41) is 9.08. The van der Waals surface area contributed by atoms with Gasteiger partial charge in [-0.1, -0.05) is 12.1 Å². The van der Waals surface area contributed by atoms with Gasteiger partial charge in [-0.15, -0.1) is 0 Å². The van der Waals surface area contributed by atoms with Gasteiger partial charge in [0.15, 0.2) is 0 Å². The number of benzene rings is 2. The first-order valence-electron chi connectivity index (χ1n) is 8.06. The lowest BCUT2D eigenvalue weighted by Gasteiger charge is -2.12. The predicted molar refractivity (Wildman–Crippen MR) is 102 cm³/mol. The highest BCUT2D eigenvalue weighted by Gasteiger charge is 2.29. The first-order valence-corrected chi connectivity index (χ1v) is 9.13. The Morgan fingerprint density at radius 1 is 1.07 bits per heavy atom. The number of cyclic esters (lactones) is 1. The second-order valence-electron chi connectivity index (χ2n) is 5.80. The summed E-state index contributed by atoms with van der Waals surface area (Å²) in [6.07, 6.45) is -0.754. The van der Waals surface area contributed by atoms with Gasteiger partial charge in [-0.25, -0.2) is 14.4 Å². The van der Waals surface area contributed by atoms with Gasteiger partial charge in [0.2, 0.25) is 0 Å². The monoisotopic (exact) mass is 496 g/mol. The summed E-state index contributed by atoms with van der Waals surface area (Å²) >= 11 is 1.90. The van der Waals surface area contributed by atoms with Crippen LogP contribution >= 0.6 is 22.6 Å². The number of rotatable bonds is 5. The minimum absolute atomic E-state index is 0.0304. The Morgan fingerprint density at radius 3 is 2.36 bits per heavy atom. The molecule has 28 heavy (non-hydrogen) atoms. The molecular weight excluding hydrogens is 483 g/mol. The number of carbonyl (C=O) groups is 4. The van der Waals surface area contributed by atoms with Crippen molar-refractivity contribution < 1.29 is 38.5 Å². The van der Waals surface area contributed by atoms with Crippen LogP contribution in [0, 0.1) is 3.57 Å². The van der Waals surface area contributed by atoms with Crippen LogP contribution < -0.4 is 4.74 Å². The number of hydrogen-bond acceptors (Lipinski definition) is 7. The minimum atomic E-state index is -1.16. The van der Waals surface area contributed by atoms with Gasteiger partial charge in [-0.2, -0.15) is 0 Å². The molecule has 1 fully saturated rings. The average Bonchev–Trinajstić information content (AvgIpc) is 3.07. The fourth-order valence-electron chi connectivity index (χ4n) is 2.49. The molecule has 1 N–H and O–H groups in total. The zero-order valence-electron chi connectivity index (χ0n) is 14.2. The van der Waals surface area contributed by atoms with Crippen LogP contribution in [0.1, 0.15) is 37.5 Å². The van der Waals surface area contributed by atoms with E-state index >= 15 is 0 Å². The van der Waals surface area contributed by atoms with Crippen LogP contribution in [-0.4, -0.2) is 41.7 Å². The molecule has 1 atom stereocenters. The van der Waals surface area contributed by atoms with E-state index in [1.807, 2.05) is 22.6 Å². The zero-order chi connectivity index (χ0) is 20.3. The lowest BCUT2D eigenvalue weighted by atomic mass is 10.1. The van der Waals surface area contributed by atoms with Crippen LogP contribution in [0.25, 0.3) is 0 Å². The smallest absolute Gasteiger partial charge is 0.344 e. The second kappa shape index (κ2) is 8.38. The SMILES string of the molecule is O=C1CC(OC(=O)c2ccccc2C(=O)Oc2cc(C(=O)O)ccc2I)CO1. The lowest BCUT2D eigenvalue weighted by molar-refractivity contribution is -0.137. The first kappa shape index (κ1) is 19.8. The van der Waals surface area contributed by atoms with Gasteiger partial charge in [-0.05, 0) is 52.9 Å². The summed E-state index contributed by atoms with van der Waals surface area (Å²) in [5.41, 5.74) is -0.118. The molecule has 2 aromatic carbocycles. The van der Waals surface area contributed by atoms with E-state index in [0.717, 1.165) is 0 Å². The molecule has 144 valence electrons. The van der Waals surface area contributed by atoms with Crippen molar-refractivity contribution in [3.05, 3.63) is 62.7 Å². The predicted octanol–water partition coefficient (Wildman–Crippen LogP) is 2.68. The molecule has 1 heterocycles. The van der Waals surface area contributed by atoms with E-state index in [0.29, 0.717) is 3.57 Å². The highest BCUT2D eigenvalue weighted by atomic mass is 127. The highest BCUT2D eigenvalue weighted by Crippen LogP contribution is 2.24. The Kier molecular flexibility index (Phi) is 5.93. The zero-order valence-corrected chi connectivity index (χ0v) is 16.4. The van der Waals surface area contributed by atoms with Crippen molar-refractivity contribution in [3.8, 4) is 5.75 Å². The van der Waals surface area contributed by atoms with Crippen LogP contribution in [0.15, 0.2) is 42.5 Å². The van der Waals surface area contributed by atoms with Gasteiger partial charge < -0.3 is 19.3 Å². The van der Waals surface area contributed by atoms with Crippen LogP contribution in [0.3, 0.4) is 0 Å². The fraction of sp³-hybridized carbons (Fsp3) is 0.158. The van der Waals surface area contributed by atoms with Crippen molar-refractivity contribution in [2.24, 2.45) is 0 Å². The minimum Gasteiger partial charge on any atom is -0.478 e. The summed E-state index contributed by atoms with van der Waals surface area (Å²) in [7, 11) is 0. The molecule has 0 radical (unpaired) electrons. The van der Waals surface area contributed by atoms with Gasteiger partial charge in [0.05, 0.1) is 26.7 Å². The summed E-state index contributed by atoms with van der Waals surface area (Å²) in [5.74, 6) is -3.19. The Hall–Kier alpha value is -2.95. The van der Waals surface area contributed by atoms with E-state index in [2.05, 4.69) is 0 Å². The van der Waals surface area contributed by atoms with E-state index in [1.54, 1.807) is 12.1 Å². The molecule has 0 aromatic heterocycles. The molecule has 8 nitrogen and oxygen atoms in total. The Bertz CT molecular complexity index is 968. The molecule has 3 rings (SSSR count). The van der Waals surface area contributed by atoms with Crippen molar-refractivity contribution in [3.63, 3.8) is 0 Å². The maximum atomic E-state index is 12.6. The standard InChI is InChI=1S/C19H13IO8/c20-14-6-5-10(17(22)23)7-15(14)28-19(25)13-4-2-1-3-12(13)18(24)27-11-8-16(21)26-9-11/h1-7,11H,8-9H2,(H,22,23). The molecule has 0 saturated carbocycles. The number of hydrogen-bond donors (Lipinski definition) is 1.